The largest absolute Gasteiger partial charge is 0.366 e. The van der Waals surface area contributed by atoms with Gasteiger partial charge in [0.2, 0.25) is 0 Å². The van der Waals surface area contributed by atoms with Crippen LogP contribution in [0.5, 0.6) is 0 Å². The summed E-state index contributed by atoms with van der Waals surface area (Å²) >= 11 is 1.85. The lowest BCUT2D eigenvalue weighted by Crippen LogP contribution is -2.21. The third kappa shape index (κ3) is 3.52. The van der Waals surface area contributed by atoms with Crippen molar-refractivity contribution in [3.8, 4) is 0 Å². The lowest BCUT2D eigenvalue weighted by Gasteiger charge is -2.16. The van der Waals surface area contributed by atoms with Crippen LogP contribution >= 0.6 is 11.3 Å². The molecule has 1 atom stereocenters. The van der Waals surface area contributed by atoms with E-state index < -0.39 is 0 Å². The highest BCUT2D eigenvalue weighted by molar-refractivity contribution is 7.11. The molecule has 0 fully saturated rings. The number of thiophene rings is 1. The van der Waals surface area contributed by atoms with Crippen LogP contribution in [0.2, 0.25) is 0 Å². The Bertz CT molecular complexity index is 812. The summed E-state index contributed by atoms with van der Waals surface area (Å²) < 4.78 is 1.84. The Balaban J connectivity index is 1.80. The van der Waals surface area contributed by atoms with Gasteiger partial charge in [-0.3, -0.25) is 0 Å². The molecule has 23 heavy (non-hydrogen) atoms. The molecule has 6 heteroatoms. The third-order valence-electron chi connectivity index (χ3n) is 3.63. The standard InChI is InChI=1S/C17H23N5S/c1-11(10-13-7-6-12(2)23-13)18-14-8-9-15-19-20-16(17(3,4)5)22(15)21-14/h6-9,11H,10H2,1-5H3,(H,18,21). The zero-order valence-corrected chi connectivity index (χ0v) is 15.1. The zero-order chi connectivity index (χ0) is 16.6. The van der Waals surface area contributed by atoms with Crippen molar-refractivity contribution in [2.75, 3.05) is 5.32 Å². The summed E-state index contributed by atoms with van der Waals surface area (Å²) in [6, 6.07) is 8.61. The maximum absolute atomic E-state index is 4.67. The minimum absolute atomic E-state index is 0.0921. The van der Waals surface area contributed by atoms with E-state index in [9.17, 15) is 0 Å². The van der Waals surface area contributed by atoms with E-state index in [1.807, 2.05) is 28.0 Å². The Morgan fingerprint density at radius 3 is 2.61 bits per heavy atom. The Labute approximate surface area is 140 Å². The first-order valence-electron chi connectivity index (χ1n) is 7.88. The molecule has 0 amide bonds. The molecule has 0 aliphatic carbocycles. The van der Waals surface area contributed by atoms with E-state index in [1.54, 1.807) is 0 Å². The van der Waals surface area contributed by atoms with E-state index in [2.05, 4.69) is 67.4 Å². The van der Waals surface area contributed by atoms with Crippen LogP contribution in [0.4, 0.5) is 5.82 Å². The van der Waals surface area contributed by atoms with Gasteiger partial charge in [0.25, 0.3) is 0 Å². The second-order valence-corrected chi connectivity index (χ2v) is 8.40. The fraction of sp³-hybridized carbons (Fsp3) is 0.471. The molecule has 122 valence electrons. The summed E-state index contributed by atoms with van der Waals surface area (Å²) in [7, 11) is 0. The summed E-state index contributed by atoms with van der Waals surface area (Å²) in [6.45, 7) is 10.7. The quantitative estimate of drug-likeness (QED) is 0.790. The molecule has 0 bridgehead atoms. The van der Waals surface area contributed by atoms with Crippen molar-refractivity contribution in [2.24, 2.45) is 0 Å². The molecule has 0 spiro atoms. The number of aromatic nitrogens is 4. The highest BCUT2D eigenvalue weighted by Crippen LogP contribution is 2.21. The van der Waals surface area contributed by atoms with Crippen molar-refractivity contribution in [3.05, 3.63) is 39.8 Å². The van der Waals surface area contributed by atoms with Gasteiger partial charge in [0.05, 0.1) is 0 Å². The molecule has 0 aliphatic heterocycles. The third-order valence-corrected chi connectivity index (χ3v) is 4.65. The number of aryl methyl sites for hydroxylation is 1. The first-order valence-corrected chi connectivity index (χ1v) is 8.69. The van der Waals surface area contributed by atoms with E-state index in [4.69, 9.17) is 0 Å². The van der Waals surface area contributed by atoms with Crippen LogP contribution in [-0.4, -0.2) is 25.9 Å². The monoisotopic (exact) mass is 329 g/mol. The van der Waals surface area contributed by atoms with Crippen LogP contribution in [-0.2, 0) is 11.8 Å². The van der Waals surface area contributed by atoms with Gasteiger partial charge < -0.3 is 5.32 Å². The van der Waals surface area contributed by atoms with Crippen LogP contribution in [0.3, 0.4) is 0 Å². The van der Waals surface area contributed by atoms with Gasteiger partial charge >= 0.3 is 0 Å². The van der Waals surface area contributed by atoms with E-state index in [-0.39, 0.29) is 5.41 Å². The molecule has 0 aromatic carbocycles. The highest BCUT2D eigenvalue weighted by atomic mass is 32.1. The number of nitrogens with one attached hydrogen (secondary N) is 1. The Morgan fingerprint density at radius 1 is 1.17 bits per heavy atom. The van der Waals surface area contributed by atoms with Crippen molar-refractivity contribution < 1.29 is 0 Å². The van der Waals surface area contributed by atoms with Gasteiger partial charge in [-0.05, 0) is 38.1 Å². The lowest BCUT2D eigenvalue weighted by atomic mass is 9.96. The summed E-state index contributed by atoms with van der Waals surface area (Å²) in [4.78, 5) is 2.74. The van der Waals surface area contributed by atoms with Crippen LogP contribution in [0.15, 0.2) is 24.3 Å². The van der Waals surface area contributed by atoms with E-state index >= 15 is 0 Å². The number of fused-ring (bicyclic) bond motifs is 1. The number of anilines is 1. The van der Waals surface area contributed by atoms with Gasteiger partial charge in [0.1, 0.15) is 5.82 Å². The average Bonchev–Trinajstić information content (AvgIpc) is 3.03. The summed E-state index contributed by atoms with van der Waals surface area (Å²) in [6.07, 6.45) is 0.993. The number of hydrogen-bond donors (Lipinski definition) is 1. The van der Waals surface area contributed by atoms with Gasteiger partial charge in [0, 0.05) is 27.6 Å². The summed E-state index contributed by atoms with van der Waals surface area (Å²) in [5, 5.41) is 16.6. The van der Waals surface area contributed by atoms with Crippen molar-refractivity contribution in [2.45, 2.75) is 52.5 Å². The van der Waals surface area contributed by atoms with Crippen molar-refractivity contribution in [1.29, 1.82) is 0 Å². The average molecular weight is 329 g/mol. The van der Waals surface area contributed by atoms with Gasteiger partial charge in [0.15, 0.2) is 11.5 Å². The molecule has 0 saturated heterocycles. The minimum atomic E-state index is -0.0921. The molecular formula is C17H23N5S. The second kappa shape index (κ2) is 5.92. The van der Waals surface area contributed by atoms with E-state index in [0.29, 0.717) is 6.04 Å². The van der Waals surface area contributed by atoms with Gasteiger partial charge in [-0.1, -0.05) is 20.8 Å². The molecule has 0 aliphatic rings. The SMILES string of the molecule is Cc1ccc(CC(C)Nc2ccc3nnc(C(C)(C)C)n3n2)s1. The fourth-order valence-electron chi connectivity index (χ4n) is 2.53. The van der Waals surface area contributed by atoms with E-state index in [0.717, 1.165) is 23.7 Å². The minimum Gasteiger partial charge on any atom is -0.366 e. The Kier molecular flexibility index (Phi) is 4.10. The molecule has 1 unspecified atom stereocenters. The fourth-order valence-corrected chi connectivity index (χ4v) is 3.55. The Hall–Kier alpha value is -1.95. The topological polar surface area (TPSA) is 55.1 Å². The number of rotatable bonds is 4. The maximum Gasteiger partial charge on any atom is 0.178 e. The maximum atomic E-state index is 4.67. The molecule has 3 aromatic rings. The Morgan fingerprint density at radius 2 is 1.96 bits per heavy atom. The molecule has 3 heterocycles. The highest BCUT2D eigenvalue weighted by Gasteiger charge is 2.22. The van der Waals surface area contributed by atoms with Gasteiger partial charge in [-0.25, -0.2) is 0 Å². The van der Waals surface area contributed by atoms with Crippen LogP contribution in [0.25, 0.3) is 5.65 Å². The molecular weight excluding hydrogens is 306 g/mol. The number of hydrogen-bond acceptors (Lipinski definition) is 5. The first-order chi connectivity index (χ1) is 10.8. The normalized spacial score (nSPS) is 13.4. The molecule has 1 N–H and O–H groups in total. The second-order valence-electron chi connectivity index (χ2n) is 7.02. The summed E-state index contributed by atoms with van der Waals surface area (Å²) in [5.41, 5.74) is 0.688. The first kappa shape index (κ1) is 15.9. The van der Waals surface area contributed by atoms with Gasteiger partial charge in [-0.2, -0.15) is 4.52 Å². The molecule has 0 radical (unpaired) electrons. The van der Waals surface area contributed by atoms with Crippen LogP contribution < -0.4 is 5.32 Å². The number of nitrogens with zero attached hydrogens (tertiary/aromatic N) is 4. The van der Waals surface area contributed by atoms with Crippen LogP contribution in [0.1, 0.15) is 43.3 Å². The smallest absolute Gasteiger partial charge is 0.178 e. The lowest BCUT2D eigenvalue weighted by molar-refractivity contribution is 0.527. The molecule has 0 saturated carbocycles. The van der Waals surface area contributed by atoms with Crippen molar-refractivity contribution in [1.82, 2.24) is 19.8 Å². The summed E-state index contributed by atoms with van der Waals surface area (Å²) in [5.74, 6) is 1.72. The predicted molar refractivity (Wildman–Crippen MR) is 95.3 cm³/mol. The molecule has 3 aromatic heterocycles. The van der Waals surface area contributed by atoms with Gasteiger partial charge in [-0.15, -0.1) is 26.6 Å². The molecule has 3 rings (SSSR count). The van der Waals surface area contributed by atoms with E-state index in [1.165, 1.54) is 9.75 Å². The van der Waals surface area contributed by atoms with Crippen molar-refractivity contribution in [3.63, 3.8) is 0 Å². The molecule has 5 nitrogen and oxygen atoms in total. The predicted octanol–water partition coefficient (Wildman–Crippen LogP) is 3.83. The van der Waals surface area contributed by atoms with Crippen LogP contribution in [0, 0.1) is 6.92 Å². The van der Waals surface area contributed by atoms with Crippen molar-refractivity contribution >= 4 is 22.8 Å². The zero-order valence-electron chi connectivity index (χ0n) is 14.3.